The van der Waals surface area contributed by atoms with Crippen molar-refractivity contribution in [2.75, 3.05) is 16.9 Å². The molecule has 0 aromatic heterocycles. The maximum atomic E-state index is 13.9. The van der Waals surface area contributed by atoms with Crippen LogP contribution in [0.15, 0.2) is 95.0 Å². The molecule has 0 radical (unpaired) electrons. The minimum Gasteiger partial charge on any atom is -0.493 e. The minimum atomic E-state index is -0.740. The van der Waals surface area contributed by atoms with Gasteiger partial charge in [0.05, 0.1) is 23.0 Å². The number of anilines is 2. The van der Waals surface area contributed by atoms with Gasteiger partial charge in [0.25, 0.3) is 11.8 Å². The SMILES string of the molecule is COc1cc(C=C2C(=O)N(c3ccccc3C)C(=O)N(c3ccccc3C)C2=O)cc(Br)c1OCc1ccc(Cl)cc1. The minimum absolute atomic E-state index is 0.176. The lowest BCUT2D eigenvalue weighted by Gasteiger charge is -2.35. The molecular formula is C33H26BrClN2O5. The van der Waals surface area contributed by atoms with Gasteiger partial charge in [-0.15, -0.1) is 0 Å². The molecule has 0 unspecified atom stereocenters. The molecule has 1 fully saturated rings. The maximum Gasteiger partial charge on any atom is 0.343 e. The predicted octanol–water partition coefficient (Wildman–Crippen LogP) is 7.89. The van der Waals surface area contributed by atoms with Crippen LogP contribution < -0.4 is 19.3 Å². The van der Waals surface area contributed by atoms with E-state index in [4.69, 9.17) is 21.1 Å². The summed E-state index contributed by atoms with van der Waals surface area (Å²) in [6.07, 6.45) is 1.46. The molecule has 0 bridgehead atoms. The lowest BCUT2D eigenvalue weighted by Crippen LogP contribution is -2.57. The van der Waals surface area contributed by atoms with E-state index < -0.39 is 17.8 Å². The van der Waals surface area contributed by atoms with Crippen molar-refractivity contribution in [3.8, 4) is 11.5 Å². The van der Waals surface area contributed by atoms with Crippen molar-refractivity contribution in [2.45, 2.75) is 20.5 Å². The number of para-hydroxylation sites is 2. The van der Waals surface area contributed by atoms with Gasteiger partial charge in [-0.05, 0) is 94.5 Å². The number of halogens is 2. The molecule has 1 saturated heterocycles. The van der Waals surface area contributed by atoms with Crippen LogP contribution in [0.3, 0.4) is 0 Å². The fourth-order valence-corrected chi connectivity index (χ4v) is 5.35. The van der Waals surface area contributed by atoms with Crippen LogP contribution in [0.1, 0.15) is 22.3 Å². The predicted molar refractivity (Wildman–Crippen MR) is 167 cm³/mol. The van der Waals surface area contributed by atoms with Gasteiger partial charge in [-0.25, -0.2) is 14.6 Å². The van der Waals surface area contributed by atoms with Gasteiger partial charge in [0, 0.05) is 5.02 Å². The largest absolute Gasteiger partial charge is 0.493 e. The molecule has 1 aliphatic heterocycles. The lowest BCUT2D eigenvalue weighted by atomic mass is 10.0. The van der Waals surface area contributed by atoms with E-state index in [9.17, 15) is 14.4 Å². The van der Waals surface area contributed by atoms with Crippen molar-refractivity contribution >= 4 is 62.8 Å². The Hall–Kier alpha value is -4.40. The fourth-order valence-electron chi connectivity index (χ4n) is 4.65. The second kappa shape index (κ2) is 12.2. The molecule has 7 nitrogen and oxygen atoms in total. The summed E-state index contributed by atoms with van der Waals surface area (Å²) in [5.41, 5.74) is 3.45. The molecule has 4 aromatic rings. The Bertz CT molecular complexity index is 1670. The number of methoxy groups -OCH3 is 1. The van der Waals surface area contributed by atoms with Gasteiger partial charge in [-0.1, -0.05) is 60.1 Å². The highest BCUT2D eigenvalue weighted by Gasteiger charge is 2.44. The zero-order valence-electron chi connectivity index (χ0n) is 23.1. The summed E-state index contributed by atoms with van der Waals surface area (Å²) in [6, 6.07) is 24.0. The summed E-state index contributed by atoms with van der Waals surface area (Å²) in [5, 5.41) is 0.630. The number of nitrogens with zero attached hydrogens (tertiary/aromatic N) is 2. The number of carbonyl (C=O) groups is 3. The Morgan fingerprint density at radius 1 is 0.810 bits per heavy atom. The molecule has 42 heavy (non-hydrogen) atoms. The standard InChI is InChI=1S/C33H26BrClN2O5/c1-20-8-4-6-10-27(20)36-31(38)25(32(39)37(33(36)40)28-11-7-5-9-21(28)2)16-23-17-26(34)30(29(18-23)41-3)42-19-22-12-14-24(35)15-13-22/h4-18H,19H2,1-3H3. The zero-order valence-corrected chi connectivity index (χ0v) is 25.4. The van der Waals surface area contributed by atoms with Crippen molar-refractivity contribution in [1.29, 1.82) is 0 Å². The Morgan fingerprint density at radius 3 is 1.88 bits per heavy atom. The quantitative estimate of drug-likeness (QED) is 0.151. The lowest BCUT2D eigenvalue weighted by molar-refractivity contribution is -0.121. The number of ether oxygens (including phenoxy) is 2. The summed E-state index contributed by atoms with van der Waals surface area (Å²) >= 11 is 9.53. The van der Waals surface area contributed by atoms with Crippen molar-refractivity contribution in [3.05, 3.63) is 122 Å². The van der Waals surface area contributed by atoms with Gasteiger partial charge < -0.3 is 9.47 Å². The van der Waals surface area contributed by atoms with Crippen molar-refractivity contribution in [1.82, 2.24) is 0 Å². The number of urea groups is 1. The van der Waals surface area contributed by atoms with Gasteiger partial charge in [-0.2, -0.15) is 0 Å². The molecule has 0 N–H and O–H groups in total. The number of imide groups is 2. The number of aryl methyl sites for hydroxylation is 2. The molecule has 0 saturated carbocycles. The third-order valence-electron chi connectivity index (χ3n) is 6.82. The number of rotatable bonds is 7. The average molecular weight is 646 g/mol. The van der Waals surface area contributed by atoms with Gasteiger partial charge >= 0.3 is 6.03 Å². The molecule has 5 rings (SSSR count). The summed E-state index contributed by atoms with van der Waals surface area (Å²) in [4.78, 5) is 43.6. The Morgan fingerprint density at radius 2 is 1.36 bits per heavy atom. The third kappa shape index (κ3) is 5.68. The highest BCUT2D eigenvalue weighted by atomic mass is 79.9. The first kappa shape index (κ1) is 29.1. The van der Waals surface area contributed by atoms with Crippen LogP contribution in [0.5, 0.6) is 11.5 Å². The molecule has 4 amide bonds. The molecule has 212 valence electrons. The first-order chi connectivity index (χ1) is 20.2. The van der Waals surface area contributed by atoms with E-state index in [1.165, 1.54) is 13.2 Å². The van der Waals surface area contributed by atoms with Crippen LogP contribution >= 0.6 is 27.5 Å². The van der Waals surface area contributed by atoms with E-state index in [0.717, 1.165) is 15.4 Å². The zero-order chi connectivity index (χ0) is 30.0. The summed E-state index contributed by atoms with van der Waals surface area (Å²) in [5.74, 6) is -0.595. The number of benzene rings is 4. The number of hydrogen-bond acceptors (Lipinski definition) is 5. The van der Waals surface area contributed by atoms with E-state index in [1.54, 1.807) is 74.5 Å². The van der Waals surface area contributed by atoms with Gasteiger partial charge in [0.15, 0.2) is 11.5 Å². The van der Waals surface area contributed by atoms with Crippen molar-refractivity contribution < 1.29 is 23.9 Å². The number of hydrogen-bond donors (Lipinski definition) is 0. The van der Waals surface area contributed by atoms with E-state index >= 15 is 0 Å². The van der Waals surface area contributed by atoms with Crippen LogP contribution in [0, 0.1) is 13.8 Å². The molecule has 0 aliphatic carbocycles. The summed E-state index contributed by atoms with van der Waals surface area (Å²) < 4.78 is 12.2. The molecule has 9 heteroatoms. The second-order valence-electron chi connectivity index (χ2n) is 9.64. The van der Waals surface area contributed by atoms with Crippen LogP contribution in [0.25, 0.3) is 6.08 Å². The Kier molecular flexibility index (Phi) is 8.47. The fraction of sp³-hybridized carbons (Fsp3) is 0.121. The molecule has 4 aromatic carbocycles. The molecule has 0 spiro atoms. The molecule has 1 heterocycles. The molecular weight excluding hydrogens is 620 g/mol. The monoisotopic (exact) mass is 644 g/mol. The summed E-state index contributed by atoms with van der Waals surface area (Å²) in [7, 11) is 1.50. The topological polar surface area (TPSA) is 76.2 Å². The van der Waals surface area contributed by atoms with Gasteiger partial charge in [-0.3, -0.25) is 9.59 Å². The maximum absolute atomic E-state index is 13.9. The normalized spacial score (nSPS) is 13.5. The number of amides is 4. The first-order valence-electron chi connectivity index (χ1n) is 13.0. The highest BCUT2D eigenvalue weighted by molar-refractivity contribution is 9.10. The Balaban J connectivity index is 1.57. The van der Waals surface area contributed by atoms with E-state index in [2.05, 4.69) is 15.9 Å². The van der Waals surface area contributed by atoms with Crippen LogP contribution in [-0.4, -0.2) is 25.0 Å². The number of carbonyl (C=O) groups excluding carboxylic acids is 3. The highest BCUT2D eigenvalue weighted by Crippen LogP contribution is 2.39. The van der Waals surface area contributed by atoms with Gasteiger partial charge in [0.1, 0.15) is 12.2 Å². The molecule has 0 atom stereocenters. The second-order valence-corrected chi connectivity index (χ2v) is 10.9. The van der Waals surface area contributed by atoms with E-state index in [-0.39, 0.29) is 12.2 Å². The van der Waals surface area contributed by atoms with Gasteiger partial charge in [0.2, 0.25) is 0 Å². The first-order valence-corrected chi connectivity index (χ1v) is 14.2. The third-order valence-corrected chi connectivity index (χ3v) is 7.66. The number of barbiturate groups is 1. The smallest absolute Gasteiger partial charge is 0.343 e. The van der Waals surface area contributed by atoms with E-state index in [0.29, 0.717) is 49.1 Å². The molecule has 1 aliphatic rings. The van der Waals surface area contributed by atoms with Crippen LogP contribution in [0.2, 0.25) is 5.02 Å². The summed E-state index contributed by atoms with van der Waals surface area (Å²) in [6.45, 7) is 3.87. The van der Waals surface area contributed by atoms with Crippen LogP contribution in [0.4, 0.5) is 16.2 Å². The van der Waals surface area contributed by atoms with Crippen molar-refractivity contribution in [2.24, 2.45) is 0 Å². The Labute approximate surface area is 257 Å². The average Bonchev–Trinajstić information content (AvgIpc) is 2.97. The van der Waals surface area contributed by atoms with Crippen LogP contribution in [-0.2, 0) is 16.2 Å². The van der Waals surface area contributed by atoms with E-state index in [1.807, 2.05) is 24.3 Å². The van der Waals surface area contributed by atoms with Crippen molar-refractivity contribution in [3.63, 3.8) is 0 Å².